The number of Topliss-reactive ketones (excluding diaryl/α,β-unsaturated/α-hetero) is 1. The van der Waals surface area contributed by atoms with Crippen LogP contribution >= 0.6 is 0 Å². The number of hydrogen-bond acceptors (Lipinski definition) is 3. The summed E-state index contributed by atoms with van der Waals surface area (Å²) in [7, 11) is 0. The number of oxazole rings is 1. The molecule has 0 aliphatic heterocycles. The molecule has 0 N–H and O–H groups in total. The molecule has 5 nitrogen and oxygen atoms in total. The van der Waals surface area contributed by atoms with Crippen molar-refractivity contribution in [2.45, 2.75) is 0 Å². The van der Waals surface area contributed by atoms with E-state index < -0.39 is 5.78 Å². The highest BCUT2D eigenvalue weighted by atomic mass is 16.3. The first-order valence-electron chi connectivity index (χ1n) is 2.44. The molecular formula is C5H3N3O2. The highest BCUT2D eigenvalue weighted by Gasteiger charge is 2.08. The second kappa shape index (κ2) is 2.70. The Morgan fingerprint density at radius 3 is 3.20 bits per heavy atom. The van der Waals surface area contributed by atoms with Crippen LogP contribution in [0.3, 0.4) is 0 Å². The quantitative estimate of drug-likeness (QED) is 0.252. The number of nitrogens with zero attached hydrogens (tertiary/aromatic N) is 3. The molecule has 1 heterocycles. The Morgan fingerprint density at radius 2 is 2.70 bits per heavy atom. The van der Waals surface area contributed by atoms with Crippen molar-refractivity contribution in [3.05, 3.63) is 23.9 Å². The number of rotatable bonds is 2. The van der Waals surface area contributed by atoms with Crippen LogP contribution in [-0.4, -0.2) is 21.8 Å². The van der Waals surface area contributed by atoms with Crippen molar-refractivity contribution >= 4 is 12.0 Å². The van der Waals surface area contributed by atoms with Gasteiger partial charge >= 0.3 is 6.21 Å². The van der Waals surface area contributed by atoms with E-state index in [4.69, 9.17) is 5.53 Å². The summed E-state index contributed by atoms with van der Waals surface area (Å²) in [6.07, 6.45) is 3.04. The van der Waals surface area contributed by atoms with Crippen LogP contribution in [0.25, 0.3) is 5.53 Å². The molecule has 50 valence electrons. The SMILES string of the molecule is [N-]=[N+]=CC(=O)c1cocn1. The van der Waals surface area contributed by atoms with Crippen LogP contribution in [0.5, 0.6) is 0 Å². The average Bonchev–Trinajstić information content (AvgIpc) is 2.38. The van der Waals surface area contributed by atoms with Crippen LogP contribution in [0.1, 0.15) is 10.5 Å². The van der Waals surface area contributed by atoms with E-state index in [2.05, 4.69) is 14.2 Å². The van der Waals surface area contributed by atoms with Gasteiger partial charge in [0.15, 0.2) is 12.1 Å². The summed E-state index contributed by atoms with van der Waals surface area (Å²) in [4.78, 5) is 16.7. The molecule has 1 aromatic heterocycles. The van der Waals surface area contributed by atoms with Crippen LogP contribution in [0.2, 0.25) is 0 Å². The van der Waals surface area contributed by atoms with E-state index in [1.165, 1.54) is 6.26 Å². The summed E-state index contributed by atoms with van der Waals surface area (Å²) < 4.78 is 4.51. The van der Waals surface area contributed by atoms with Gasteiger partial charge in [-0.15, -0.1) is 0 Å². The summed E-state index contributed by atoms with van der Waals surface area (Å²) in [5.74, 6) is -0.490. The van der Waals surface area contributed by atoms with E-state index in [-0.39, 0.29) is 5.69 Å². The lowest BCUT2D eigenvalue weighted by Gasteiger charge is -1.73. The lowest BCUT2D eigenvalue weighted by molar-refractivity contribution is 0.00229. The third-order valence-electron chi connectivity index (χ3n) is 0.860. The van der Waals surface area contributed by atoms with E-state index >= 15 is 0 Å². The van der Waals surface area contributed by atoms with Crippen molar-refractivity contribution in [2.24, 2.45) is 0 Å². The van der Waals surface area contributed by atoms with E-state index in [1.54, 1.807) is 0 Å². The number of ketones is 1. The van der Waals surface area contributed by atoms with Crippen molar-refractivity contribution in [3.8, 4) is 0 Å². The topological polar surface area (TPSA) is 79.5 Å². The largest absolute Gasteiger partial charge is 0.451 e. The van der Waals surface area contributed by atoms with Crippen molar-refractivity contribution in [1.82, 2.24) is 4.98 Å². The Morgan fingerprint density at radius 1 is 1.90 bits per heavy atom. The van der Waals surface area contributed by atoms with Gasteiger partial charge in [0.1, 0.15) is 6.26 Å². The zero-order chi connectivity index (χ0) is 7.40. The summed E-state index contributed by atoms with van der Waals surface area (Å²) in [6.45, 7) is 0. The molecule has 0 atom stereocenters. The minimum Gasteiger partial charge on any atom is -0.451 e. The maximum absolute atomic E-state index is 10.7. The molecule has 5 heteroatoms. The van der Waals surface area contributed by atoms with Gasteiger partial charge in [-0.3, -0.25) is 4.79 Å². The first-order chi connectivity index (χ1) is 4.84. The van der Waals surface area contributed by atoms with Crippen LogP contribution in [0.15, 0.2) is 17.1 Å². The zero-order valence-corrected chi connectivity index (χ0v) is 4.89. The first-order valence-corrected chi connectivity index (χ1v) is 2.44. The maximum atomic E-state index is 10.7. The van der Waals surface area contributed by atoms with Gasteiger partial charge in [-0.05, 0) is 0 Å². The predicted molar refractivity (Wildman–Crippen MR) is 30.5 cm³/mol. The van der Waals surface area contributed by atoms with E-state index in [0.29, 0.717) is 0 Å². The molecule has 0 radical (unpaired) electrons. The van der Waals surface area contributed by atoms with Crippen LogP contribution in [0, 0.1) is 0 Å². The zero-order valence-electron chi connectivity index (χ0n) is 4.89. The van der Waals surface area contributed by atoms with E-state index in [0.717, 1.165) is 12.6 Å². The maximum Gasteiger partial charge on any atom is 0.329 e. The van der Waals surface area contributed by atoms with Gasteiger partial charge < -0.3 is 9.95 Å². The first kappa shape index (κ1) is 6.38. The van der Waals surface area contributed by atoms with Crippen molar-refractivity contribution in [3.63, 3.8) is 0 Å². The highest BCUT2D eigenvalue weighted by molar-refractivity contribution is 6.32. The Labute approximate surface area is 55.9 Å². The minimum absolute atomic E-state index is 0.123. The third kappa shape index (κ3) is 1.15. The molecule has 0 saturated carbocycles. The third-order valence-corrected chi connectivity index (χ3v) is 0.860. The summed E-state index contributed by atoms with van der Waals surface area (Å²) in [5.41, 5.74) is 8.05. The molecule has 0 amide bonds. The lowest BCUT2D eigenvalue weighted by atomic mass is 10.3. The van der Waals surface area contributed by atoms with Gasteiger partial charge in [-0.2, -0.15) is 4.79 Å². The fourth-order valence-corrected chi connectivity index (χ4v) is 0.453. The second-order valence-corrected chi connectivity index (χ2v) is 1.48. The van der Waals surface area contributed by atoms with Crippen molar-refractivity contribution < 1.29 is 14.0 Å². The Kier molecular flexibility index (Phi) is 1.72. The van der Waals surface area contributed by atoms with Gasteiger partial charge in [0.25, 0.3) is 5.78 Å². The molecule has 0 unspecified atom stereocenters. The summed E-state index contributed by atoms with van der Waals surface area (Å²) >= 11 is 0. The molecule has 0 aliphatic rings. The molecule has 0 aromatic carbocycles. The Balaban J connectivity index is 2.87. The average molecular weight is 137 g/mol. The molecule has 0 saturated heterocycles. The van der Waals surface area contributed by atoms with Gasteiger partial charge in [0, 0.05) is 0 Å². The van der Waals surface area contributed by atoms with Gasteiger partial charge in [0.2, 0.25) is 0 Å². The minimum atomic E-state index is -0.490. The van der Waals surface area contributed by atoms with Crippen LogP contribution in [-0.2, 0) is 0 Å². The number of carbonyl (C=O) groups excluding carboxylic acids is 1. The normalized spacial score (nSPS) is 8.40. The number of aromatic nitrogens is 1. The van der Waals surface area contributed by atoms with Crippen LogP contribution < -0.4 is 0 Å². The van der Waals surface area contributed by atoms with E-state index in [9.17, 15) is 4.79 Å². The monoisotopic (exact) mass is 137 g/mol. The molecule has 0 bridgehead atoms. The Bertz CT molecular complexity index is 271. The standard InChI is InChI=1S/C5H3N3O2/c6-8-1-5(9)4-2-10-3-7-4/h1-3H. The fraction of sp³-hybridized carbons (Fsp3) is 0. The second-order valence-electron chi connectivity index (χ2n) is 1.48. The lowest BCUT2D eigenvalue weighted by Crippen LogP contribution is -2.00. The van der Waals surface area contributed by atoms with Crippen LogP contribution in [0.4, 0.5) is 0 Å². The van der Waals surface area contributed by atoms with Crippen molar-refractivity contribution in [2.75, 3.05) is 0 Å². The molecular weight excluding hydrogens is 134 g/mol. The molecule has 0 spiro atoms. The Hall–Kier alpha value is -1.74. The van der Waals surface area contributed by atoms with E-state index in [1.807, 2.05) is 0 Å². The highest BCUT2D eigenvalue weighted by Crippen LogP contribution is 1.92. The van der Waals surface area contributed by atoms with Crippen molar-refractivity contribution in [1.29, 1.82) is 0 Å². The molecule has 10 heavy (non-hydrogen) atoms. The molecule has 0 fully saturated rings. The van der Waals surface area contributed by atoms with Gasteiger partial charge in [-0.25, -0.2) is 4.98 Å². The summed E-state index contributed by atoms with van der Waals surface area (Å²) in [5, 5.41) is 0. The molecule has 0 aliphatic carbocycles. The molecule has 1 rings (SSSR count). The fourth-order valence-electron chi connectivity index (χ4n) is 0.453. The van der Waals surface area contributed by atoms with Gasteiger partial charge in [-0.1, -0.05) is 0 Å². The van der Waals surface area contributed by atoms with Gasteiger partial charge in [0.05, 0.1) is 0 Å². The smallest absolute Gasteiger partial charge is 0.329 e. The number of hydrogen-bond donors (Lipinski definition) is 0. The predicted octanol–water partition coefficient (Wildman–Crippen LogP) is 0.158. The number of carbonyl (C=O) groups is 1. The molecule has 1 aromatic rings. The summed E-state index contributed by atoms with van der Waals surface area (Å²) in [6, 6.07) is 0.